The van der Waals surface area contributed by atoms with Crippen LogP contribution >= 0.6 is 11.6 Å². The van der Waals surface area contributed by atoms with Crippen LogP contribution in [0.5, 0.6) is 0 Å². The molecular weight excluding hydrogens is 304 g/mol. The monoisotopic (exact) mass is 318 g/mol. The Morgan fingerprint density at radius 3 is 2.86 bits per heavy atom. The summed E-state index contributed by atoms with van der Waals surface area (Å²) >= 11 is 5.95. The van der Waals surface area contributed by atoms with Crippen molar-refractivity contribution in [1.82, 2.24) is 14.7 Å². The third-order valence-electron chi connectivity index (χ3n) is 3.78. The third-order valence-corrected chi connectivity index (χ3v) is 4.02. The highest BCUT2D eigenvalue weighted by atomic mass is 35.5. The van der Waals surface area contributed by atoms with Crippen molar-refractivity contribution in [3.8, 4) is 5.69 Å². The third kappa shape index (κ3) is 2.82. The number of hydrogen-bond acceptors (Lipinski definition) is 3. The predicted octanol–water partition coefficient (Wildman–Crippen LogP) is 1.47. The Morgan fingerprint density at radius 2 is 2.18 bits per heavy atom. The van der Waals surface area contributed by atoms with Gasteiger partial charge in [0.25, 0.3) is 5.91 Å². The molecule has 1 aromatic heterocycles. The van der Waals surface area contributed by atoms with Gasteiger partial charge in [0.2, 0.25) is 5.91 Å². The van der Waals surface area contributed by atoms with E-state index < -0.39 is 0 Å². The topological polar surface area (TPSA) is 81.2 Å². The molecule has 0 saturated carbocycles. The van der Waals surface area contributed by atoms with Gasteiger partial charge in [0.15, 0.2) is 0 Å². The van der Waals surface area contributed by atoms with Crippen LogP contribution in [0.1, 0.15) is 16.8 Å². The fourth-order valence-corrected chi connectivity index (χ4v) is 2.74. The molecule has 2 heterocycles. The molecule has 0 bridgehead atoms. The molecule has 1 aromatic carbocycles. The van der Waals surface area contributed by atoms with E-state index in [1.165, 1.54) is 6.20 Å². The summed E-state index contributed by atoms with van der Waals surface area (Å²) in [5, 5.41) is 4.79. The van der Waals surface area contributed by atoms with Crippen LogP contribution in [0.4, 0.5) is 0 Å². The number of carbonyl (C=O) groups is 2. The SMILES string of the molecule is NC(=O)[C@@H]1CCN(C(=O)c2cnn(-c3cccc(Cl)c3)c2)C1. The number of halogens is 1. The first-order valence-electron chi connectivity index (χ1n) is 6.94. The van der Waals surface area contributed by atoms with Crippen molar-refractivity contribution < 1.29 is 9.59 Å². The molecule has 7 heteroatoms. The lowest BCUT2D eigenvalue weighted by atomic mass is 10.1. The number of likely N-dealkylation sites (tertiary alicyclic amines) is 1. The number of aromatic nitrogens is 2. The van der Waals surface area contributed by atoms with E-state index in [9.17, 15) is 9.59 Å². The molecule has 0 aliphatic carbocycles. The Morgan fingerprint density at radius 1 is 1.36 bits per heavy atom. The molecule has 2 N–H and O–H groups in total. The van der Waals surface area contributed by atoms with Gasteiger partial charge in [-0.1, -0.05) is 17.7 Å². The highest BCUT2D eigenvalue weighted by molar-refractivity contribution is 6.30. The van der Waals surface area contributed by atoms with Crippen molar-refractivity contribution >= 4 is 23.4 Å². The molecular formula is C15H15ClN4O2. The van der Waals surface area contributed by atoms with E-state index in [4.69, 9.17) is 17.3 Å². The number of amides is 2. The molecule has 0 spiro atoms. The summed E-state index contributed by atoms with van der Waals surface area (Å²) in [7, 11) is 0. The van der Waals surface area contributed by atoms with E-state index in [0.717, 1.165) is 5.69 Å². The first-order valence-corrected chi connectivity index (χ1v) is 7.31. The van der Waals surface area contributed by atoms with Crippen molar-refractivity contribution in [2.45, 2.75) is 6.42 Å². The van der Waals surface area contributed by atoms with Crippen LogP contribution in [0, 0.1) is 5.92 Å². The highest BCUT2D eigenvalue weighted by Gasteiger charge is 2.30. The molecule has 0 radical (unpaired) electrons. The van der Waals surface area contributed by atoms with E-state index in [2.05, 4.69) is 5.10 Å². The number of hydrogen-bond donors (Lipinski definition) is 1. The minimum absolute atomic E-state index is 0.142. The lowest BCUT2D eigenvalue weighted by molar-refractivity contribution is -0.121. The molecule has 114 valence electrons. The number of benzene rings is 1. The minimum atomic E-state index is -0.357. The number of nitrogens with zero attached hydrogens (tertiary/aromatic N) is 3. The van der Waals surface area contributed by atoms with Crippen LogP contribution in [0.15, 0.2) is 36.7 Å². The number of carbonyl (C=O) groups excluding carboxylic acids is 2. The largest absolute Gasteiger partial charge is 0.369 e. The first kappa shape index (κ1) is 14.6. The van der Waals surface area contributed by atoms with Gasteiger partial charge in [-0.05, 0) is 24.6 Å². The maximum Gasteiger partial charge on any atom is 0.257 e. The average molecular weight is 319 g/mol. The van der Waals surface area contributed by atoms with Crippen LogP contribution < -0.4 is 5.73 Å². The first-order chi connectivity index (χ1) is 10.5. The molecule has 2 aromatic rings. The van der Waals surface area contributed by atoms with Crippen LogP contribution in [-0.4, -0.2) is 39.6 Å². The second-order valence-corrected chi connectivity index (χ2v) is 5.73. The molecule has 1 aliphatic heterocycles. The van der Waals surface area contributed by atoms with E-state index in [-0.39, 0.29) is 17.7 Å². The smallest absolute Gasteiger partial charge is 0.257 e. The van der Waals surface area contributed by atoms with E-state index >= 15 is 0 Å². The summed E-state index contributed by atoms with van der Waals surface area (Å²) in [5.74, 6) is -0.756. The second kappa shape index (κ2) is 5.81. The molecule has 22 heavy (non-hydrogen) atoms. The Kier molecular flexibility index (Phi) is 3.85. The summed E-state index contributed by atoms with van der Waals surface area (Å²) in [6.45, 7) is 0.908. The zero-order valence-corrected chi connectivity index (χ0v) is 12.5. The van der Waals surface area contributed by atoms with Crippen LogP contribution in [0.3, 0.4) is 0 Å². The fraction of sp³-hybridized carbons (Fsp3) is 0.267. The summed E-state index contributed by atoms with van der Waals surface area (Å²) in [6, 6.07) is 7.21. The van der Waals surface area contributed by atoms with E-state index in [0.29, 0.717) is 30.1 Å². The van der Waals surface area contributed by atoms with Gasteiger partial charge in [-0.25, -0.2) is 4.68 Å². The number of rotatable bonds is 3. The van der Waals surface area contributed by atoms with E-state index in [1.54, 1.807) is 27.9 Å². The van der Waals surface area contributed by atoms with Crippen LogP contribution in [-0.2, 0) is 4.79 Å². The Labute approximate surface area is 132 Å². The lowest BCUT2D eigenvalue weighted by Crippen LogP contribution is -2.31. The molecule has 0 unspecified atom stereocenters. The summed E-state index contributed by atoms with van der Waals surface area (Å²) in [6.07, 6.45) is 3.79. The molecule has 1 atom stereocenters. The van der Waals surface area contributed by atoms with Crippen molar-refractivity contribution in [3.05, 3.63) is 47.2 Å². The molecule has 1 saturated heterocycles. The van der Waals surface area contributed by atoms with Gasteiger partial charge in [-0.15, -0.1) is 0 Å². The van der Waals surface area contributed by atoms with Crippen LogP contribution in [0.25, 0.3) is 5.69 Å². The maximum absolute atomic E-state index is 12.4. The summed E-state index contributed by atoms with van der Waals surface area (Å²) in [5.41, 5.74) is 6.54. The van der Waals surface area contributed by atoms with Gasteiger partial charge in [-0.3, -0.25) is 9.59 Å². The molecule has 2 amide bonds. The van der Waals surface area contributed by atoms with Gasteiger partial charge < -0.3 is 10.6 Å². The Balaban J connectivity index is 1.77. The second-order valence-electron chi connectivity index (χ2n) is 5.29. The summed E-state index contributed by atoms with van der Waals surface area (Å²) < 4.78 is 1.60. The van der Waals surface area contributed by atoms with Crippen molar-refractivity contribution in [3.63, 3.8) is 0 Å². The van der Waals surface area contributed by atoms with Gasteiger partial charge in [0.1, 0.15) is 0 Å². The van der Waals surface area contributed by atoms with Gasteiger partial charge >= 0.3 is 0 Å². The predicted molar refractivity (Wildman–Crippen MR) is 81.8 cm³/mol. The van der Waals surface area contributed by atoms with Crippen molar-refractivity contribution in [1.29, 1.82) is 0 Å². The van der Waals surface area contributed by atoms with Crippen LogP contribution in [0.2, 0.25) is 5.02 Å². The molecule has 1 aliphatic rings. The Hall–Kier alpha value is -2.34. The molecule has 3 rings (SSSR count). The van der Waals surface area contributed by atoms with Gasteiger partial charge in [-0.2, -0.15) is 5.10 Å². The van der Waals surface area contributed by atoms with Gasteiger partial charge in [0.05, 0.1) is 23.4 Å². The summed E-state index contributed by atoms with van der Waals surface area (Å²) in [4.78, 5) is 25.2. The molecule has 6 nitrogen and oxygen atoms in total. The fourth-order valence-electron chi connectivity index (χ4n) is 2.55. The molecule has 1 fully saturated rings. The van der Waals surface area contributed by atoms with Crippen molar-refractivity contribution in [2.75, 3.05) is 13.1 Å². The average Bonchev–Trinajstić information content (AvgIpc) is 3.16. The number of primary amides is 1. The zero-order chi connectivity index (χ0) is 15.7. The van der Waals surface area contributed by atoms with Crippen molar-refractivity contribution in [2.24, 2.45) is 11.7 Å². The lowest BCUT2D eigenvalue weighted by Gasteiger charge is -2.14. The minimum Gasteiger partial charge on any atom is -0.369 e. The standard InChI is InChI=1S/C15H15ClN4O2/c16-12-2-1-3-13(6-12)20-9-11(7-18-20)15(22)19-5-4-10(8-19)14(17)21/h1-3,6-7,9-10H,4-5,8H2,(H2,17,21)/t10-/m1/s1. The maximum atomic E-state index is 12.4. The van der Waals surface area contributed by atoms with Gasteiger partial charge in [0, 0.05) is 24.3 Å². The number of nitrogens with two attached hydrogens (primary N) is 1. The quantitative estimate of drug-likeness (QED) is 0.930. The normalized spacial score (nSPS) is 17.7. The van der Waals surface area contributed by atoms with E-state index in [1.807, 2.05) is 12.1 Å². The Bertz CT molecular complexity index is 728. The highest BCUT2D eigenvalue weighted by Crippen LogP contribution is 2.19. The zero-order valence-electron chi connectivity index (χ0n) is 11.8.